The number of hydrogen-bond donors (Lipinski definition) is 1. The van der Waals surface area contributed by atoms with Crippen LogP contribution in [0, 0.1) is 5.82 Å². The highest BCUT2D eigenvalue weighted by molar-refractivity contribution is 9.10. The van der Waals surface area contributed by atoms with Gasteiger partial charge in [-0.3, -0.25) is 0 Å². The molecule has 0 radical (unpaired) electrons. The third-order valence-electron chi connectivity index (χ3n) is 2.95. The Hall–Kier alpha value is -1.46. The topological polar surface area (TPSA) is 30.5 Å². The van der Waals surface area contributed by atoms with Gasteiger partial charge in [-0.2, -0.15) is 0 Å². The molecule has 0 heterocycles. The quantitative estimate of drug-likeness (QED) is 0.810. The molecule has 112 valence electrons. The first kappa shape index (κ1) is 15.9. The van der Waals surface area contributed by atoms with Gasteiger partial charge in [-0.1, -0.05) is 27.5 Å². The number of rotatable bonds is 5. The standard InChI is InChI=1S/C15H14BrClFNO2/c1-20-14-5-9(11(16)7-15(14)21-2)8-19-13-4-3-10(17)6-12(13)18/h3-7,19H,8H2,1-2H3. The molecule has 0 aliphatic heterocycles. The summed E-state index contributed by atoms with van der Waals surface area (Å²) < 4.78 is 25.0. The zero-order valence-corrected chi connectivity index (χ0v) is 13.9. The van der Waals surface area contributed by atoms with E-state index in [9.17, 15) is 4.39 Å². The lowest BCUT2D eigenvalue weighted by molar-refractivity contribution is 0.354. The number of benzene rings is 2. The Kier molecular flexibility index (Phi) is 5.31. The Balaban J connectivity index is 2.19. The highest BCUT2D eigenvalue weighted by atomic mass is 79.9. The largest absolute Gasteiger partial charge is 0.493 e. The second kappa shape index (κ2) is 7.00. The van der Waals surface area contributed by atoms with Crippen molar-refractivity contribution >= 4 is 33.2 Å². The zero-order chi connectivity index (χ0) is 15.4. The van der Waals surface area contributed by atoms with Crippen LogP contribution in [-0.2, 0) is 6.54 Å². The van der Waals surface area contributed by atoms with E-state index in [0.717, 1.165) is 10.0 Å². The molecule has 0 fully saturated rings. The first-order chi connectivity index (χ1) is 10.0. The number of halogens is 3. The van der Waals surface area contributed by atoms with Gasteiger partial charge in [-0.15, -0.1) is 0 Å². The molecule has 0 aliphatic rings. The van der Waals surface area contributed by atoms with E-state index < -0.39 is 0 Å². The van der Waals surface area contributed by atoms with E-state index in [-0.39, 0.29) is 5.82 Å². The van der Waals surface area contributed by atoms with E-state index in [1.165, 1.54) is 6.07 Å². The minimum Gasteiger partial charge on any atom is -0.493 e. The first-order valence-electron chi connectivity index (χ1n) is 6.14. The number of methoxy groups -OCH3 is 2. The van der Waals surface area contributed by atoms with Gasteiger partial charge in [0.05, 0.1) is 19.9 Å². The molecule has 0 saturated heterocycles. The highest BCUT2D eigenvalue weighted by Gasteiger charge is 2.10. The molecule has 0 spiro atoms. The number of nitrogens with one attached hydrogen (secondary N) is 1. The summed E-state index contributed by atoms with van der Waals surface area (Å²) in [5.74, 6) is 0.860. The molecular formula is C15H14BrClFNO2. The Bertz CT molecular complexity index is 652. The summed E-state index contributed by atoms with van der Waals surface area (Å²) in [5.41, 5.74) is 1.31. The van der Waals surface area contributed by atoms with Crippen molar-refractivity contribution in [1.29, 1.82) is 0 Å². The summed E-state index contributed by atoms with van der Waals surface area (Å²) in [6.07, 6.45) is 0. The maximum absolute atomic E-state index is 13.7. The van der Waals surface area contributed by atoms with E-state index >= 15 is 0 Å². The van der Waals surface area contributed by atoms with Crippen molar-refractivity contribution in [2.45, 2.75) is 6.54 Å². The van der Waals surface area contributed by atoms with Gasteiger partial charge in [0.25, 0.3) is 0 Å². The lowest BCUT2D eigenvalue weighted by Gasteiger charge is -2.13. The summed E-state index contributed by atoms with van der Waals surface area (Å²) in [7, 11) is 3.15. The van der Waals surface area contributed by atoms with Gasteiger partial charge in [0.2, 0.25) is 0 Å². The lowest BCUT2D eigenvalue weighted by atomic mass is 10.2. The monoisotopic (exact) mass is 373 g/mol. The summed E-state index contributed by atoms with van der Waals surface area (Å²) in [6, 6.07) is 8.16. The van der Waals surface area contributed by atoms with Crippen LogP contribution in [0.5, 0.6) is 11.5 Å². The van der Waals surface area contributed by atoms with Crippen LogP contribution >= 0.6 is 27.5 Å². The van der Waals surface area contributed by atoms with Crippen molar-refractivity contribution in [1.82, 2.24) is 0 Å². The van der Waals surface area contributed by atoms with E-state index in [1.807, 2.05) is 12.1 Å². The van der Waals surface area contributed by atoms with Gasteiger partial charge < -0.3 is 14.8 Å². The Morgan fingerprint density at radius 3 is 2.43 bits per heavy atom. The predicted octanol–water partition coefficient (Wildman–Crippen LogP) is 4.87. The SMILES string of the molecule is COc1cc(Br)c(CNc2ccc(Cl)cc2F)cc1OC. The molecule has 0 unspecified atom stereocenters. The van der Waals surface area contributed by atoms with Crippen LogP contribution < -0.4 is 14.8 Å². The lowest BCUT2D eigenvalue weighted by Crippen LogP contribution is -2.03. The second-order valence-corrected chi connectivity index (χ2v) is 5.57. The Morgan fingerprint density at radius 2 is 1.81 bits per heavy atom. The minimum absolute atomic E-state index is 0.366. The van der Waals surface area contributed by atoms with E-state index in [2.05, 4.69) is 21.2 Å². The van der Waals surface area contributed by atoms with Gasteiger partial charge in [-0.05, 0) is 35.9 Å². The molecule has 21 heavy (non-hydrogen) atoms. The zero-order valence-electron chi connectivity index (χ0n) is 11.5. The van der Waals surface area contributed by atoms with E-state index in [0.29, 0.717) is 28.8 Å². The van der Waals surface area contributed by atoms with Gasteiger partial charge in [0, 0.05) is 16.0 Å². The third kappa shape index (κ3) is 3.80. The molecule has 0 aliphatic carbocycles. The predicted molar refractivity (Wildman–Crippen MR) is 86.0 cm³/mol. The average molecular weight is 375 g/mol. The molecule has 0 atom stereocenters. The Labute approximate surface area is 136 Å². The minimum atomic E-state index is -0.390. The number of hydrogen-bond acceptors (Lipinski definition) is 3. The third-order valence-corrected chi connectivity index (χ3v) is 3.93. The highest BCUT2D eigenvalue weighted by Crippen LogP contribution is 2.33. The summed E-state index contributed by atoms with van der Waals surface area (Å²) in [4.78, 5) is 0. The fourth-order valence-electron chi connectivity index (χ4n) is 1.86. The van der Waals surface area contributed by atoms with Crippen LogP contribution in [0.25, 0.3) is 0 Å². The molecular weight excluding hydrogens is 361 g/mol. The molecule has 2 aromatic rings. The van der Waals surface area contributed by atoms with Crippen molar-refractivity contribution in [3.05, 3.63) is 51.2 Å². The van der Waals surface area contributed by atoms with Crippen molar-refractivity contribution in [2.24, 2.45) is 0 Å². The van der Waals surface area contributed by atoms with Gasteiger partial charge in [0.1, 0.15) is 5.82 Å². The molecule has 3 nitrogen and oxygen atoms in total. The molecule has 0 bridgehead atoms. The maximum Gasteiger partial charge on any atom is 0.161 e. The van der Waals surface area contributed by atoms with Crippen LogP contribution in [0.4, 0.5) is 10.1 Å². The molecule has 2 aromatic carbocycles. The Morgan fingerprint density at radius 1 is 1.14 bits per heavy atom. The fraction of sp³-hybridized carbons (Fsp3) is 0.200. The molecule has 0 aromatic heterocycles. The van der Waals surface area contributed by atoms with Crippen LogP contribution in [0.15, 0.2) is 34.8 Å². The molecule has 0 saturated carbocycles. The molecule has 1 N–H and O–H groups in total. The van der Waals surface area contributed by atoms with Crippen LogP contribution in [0.2, 0.25) is 5.02 Å². The maximum atomic E-state index is 13.7. The van der Waals surface area contributed by atoms with Crippen LogP contribution in [0.1, 0.15) is 5.56 Å². The molecule has 6 heteroatoms. The van der Waals surface area contributed by atoms with E-state index in [4.69, 9.17) is 21.1 Å². The second-order valence-electron chi connectivity index (χ2n) is 4.28. The molecule has 2 rings (SSSR count). The normalized spacial score (nSPS) is 10.3. The van der Waals surface area contributed by atoms with Gasteiger partial charge >= 0.3 is 0 Å². The van der Waals surface area contributed by atoms with Crippen molar-refractivity contribution in [3.8, 4) is 11.5 Å². The van der Waals surface area contributed by atoms with Crippen molar-refractivity contribution in [3.63, 3.8) is 0 Å². The first-order valence-corrected chi connectivity index (χ1v) is 7.31. The number of ether oxygens (including phenoxy) is 2. The van der Waals surface area contributed by atoms with Crippen LogP contribution in [0.3, 0.4) is 0 Å². The van der Waals surface area contributed by atoms with Gasteiger partial charge in [0.15, 0.2) is 11.5 Å². The summed E-state index contributed by atoms with van der Waals surface area (Å²) in [5, 5.41) is 3.39. The fourth-order valence-corrected chi connectivity index (χ4v) is 2.48. The van der Waals surface area contributed by atoms with Crippen LogP contribution in [-0.4, -0.2) is 14.2 Å². The van der Waals surface area contributed by atoms with Crippen molar-refractivity contribution in [2.75, 3.05) is 19.5 Å². The smallest absolute Gasteiger partial charge is 0.161 e. The average Bonchev–Trinajstić information content (AvgIpc) is 2.47. The van der Waals surface area contributed by atoms with E-state index in [1.54, 1.807) is 26.4 Å². The number of anilines is 1. The van der Waals surface area contributed by atoms with Gasteiger partial charge in [-0.25, -0.2) is 4.39 Å². The van der Waals surface area contributed by atoms with Crippen molar-refractivity contribution < 1.29 is 13.9 Å². The summed E-state index contributed by atoms with van der Waals surface area (Å²) in [6.45, 7) is 0.430. The molecule has 0 amide bonds. The summed E-state index contributed by atoms with van der Waals surface area (Å²) >= 11 is 9.19.